The van der Waals surface area contributed by atoms with Gasteiger partial charge in [0.1, 0.15) is 23.2 Å². The summed E-state index contributed by atoms with van der Waals surface area (Å²) in [5.41, 5.74) is 0.642. The van der Waals surface area contributed by atoms with Crippen LogP contribution >= 0.6 is 11.6 Å². The van der Waals surface area contributed by atoms with E-state index in [1.807, 2.05) is 42.5 Å². The van der Waals surface area contributed by atoms with Crippen LogP contribution < -0.4 is 4.74 Å². The van der Waals surface area contributed by atoms with E-state index in [1.54, 1.807) is 37.5 Å². The van der Waals surface area contributed by atoms with E-state index in [-0.39, 0.29) is 12.3 Å². The average molecular weight is 431 g/mol. The summed E-state index contributed by atoms with van der Waals surface area (Å²) >= 11 is 5.97. The number of benzene rings is 2. The Hall–Kier alpha value is -2.43. The Kier molecular flexibility index (Phi) is 8.23. The molecular weight excluding hydrogens is 406 g/mol. The fourth-order valence-electron chi connectivity index (χ4n) is 3.49. The van der Waals surface area contributed by atoms with Gasteiger partial charge in [0.15, 0.2) is 0 Å². The molecule has 0 saturated heterocycles. The first kappa shape index (κ1) is 22.3. The molecule has 2 aromatic rings. The third-order valence-electron chi connectivity index (χ3n) is 5.06. The predicted octanol–water partition coefficient (Wildman–Crippen LogP) is 7.52. The van der Waals surface area contributed by atoms with Gasteiger partial charge in [-0.3, -0.25) is 0 Å². The molecule has 2 aromatic carbocycles. The first-order valence-corrected chi connectivity index (χ1v) is 10.3. The maximum atomic E-state index is 15.1. The van der Waals surface area contributed by atoms with Gasteiger partial charge in [0.2, 0.25) is 0 Å². The molecule has 2 nitrogen and oxygen atoms in total. The molecule has 0 radical (unpaired) electrons. The van der Waals surface area contributed by atoms with Crippen LogP contribution in [0.15, 0.2) is 89.5 Å². The standard InChI is InChI=1S/C25H25ClF2O2/c1-29-15-14-23(19-10-12-20(26)13-11-19)25(28)24(27)17-18-6-5-9-22(16-18)30-21-7-3-2-4-8-21/h2-10,12-13,16,19,23H,11,14-15,17H2,1H3/b25-24+. The van der Waals surface area contributed by atoms with Crippen molar-refractivity contribution in [2.75, 3.05) is 13.7 Å². The third kappa shape index (κ3) is 6.28. The molecule has 0 fully saturated rings. The smallest absolute Gasteiger partial charge is 0.136 e. The predicted molar refractivity (Wildman–Crippen MR) is 117 cm³/mol. The zero-order valence-corrected chi connectivity index (χ0v) is 17.6. The molecule has 0 spiro atoms. The topological polar surface area (TPSA) is 18.5 Å². The Bertz CT molecular complexity index is 922. The van der Waals surface area contributed by atoms with Crippen molar-refractivity contribution in [1.82, 2.24) is 0 Å². The lowest BCUT2D eigenvalue weighted by Gasteiger charge is -2.24. The molecule has 0 aliphatic heterocycles. The maximum absolute atomic E-state index is 15.1. The van der Waals surface area contributed by atoms with Gasteiger partial charge in [0, 0.05) is 31.1 Å². The van der Waals surface area contributed by atoms with E-state index in [9.17, 15) is 4.39 Å². The zero-order valence-electron chi connectivity index (χ0n) is 16.9. The molecule has 0 aromatic heterocycles. The number of hydrogen-bond acceptors (Lipinski definition) is 2. The van der Waals surface area contributed by atoms with Crippen molar-refractivity contribution in [2.45, 2.75) is 19.3 Å². The molecule has 3 rings (SSSR count). The minimum atomic E-state index is -0.762. The second kappa shape index (κ2) is 11.1. The fourth-order valence-corrected chi connectivity index (χ4v) is 3.65. The van der Waals surface area contributed by atoms with Gasteiger partial charge in [0.25, 0.3) is 0 Å². The zero-order chi connectivity index (χ0) is 21.3. The molecule has 5 heteroatoms. The van der Waals surface area contributed by atoms with Crippen LogP contribution in [0.25, 0.3) is 0 Å². The monoisotopic (exact) mass is 430 g/mol. The van der Waals surface area contributed by atoms with Gasteiger partial charge in [-0.1, -0.05) is 54.1 Å². The van der Waals surface area contributed by atoms with Crippen molar-refractivity contribution in [1.29, 1.82) is 0 Å². The van der Waals surface area contributed by atoms with Crippen molar-refractivity contribution in [2.24, 2.45) is 11.8 Å². The normalized spacial score (nSPS) is 17.9. The number of allylic oxidation sites excluding steroid dienone is 6. The Balaban J connectivity index is 1.75. The molecule has 0 heterocycles. The largest absolute Gasteiger partial charge is 0.457 e. The van der Waals surface area contributed by atoms with Crippen molar-refractivity contribution in [3.63, 3.8) is 0 Å². The maximum Gasteiger partial charge on any atom is 0.136 e. The molecule has 30 heavy (non-hydrogen) atoms. The van der Waals surface area contributed by atoms with Crippen molar-refractivity contribution in [3.8, 4) is 11.5 Å². The average Bonchev–Trinajstić information content (AvgIpc) is 2.76. The minimum absolute atomic E-state index is 0.131. The quantitative estimate of drug-likeness (QED) is 0.409. The van der Waals surface area contributed by atoms with Crippen molar-refractivity contribution in [3.05, 3.63) is 95.1 Å². The van der Waals surface area contributed by atoms with Crippen molar-refractivity contribution >= 4 is 11.6 Å². The van der Waals surface area contributed by atoms with Crippen molar-refractivity contribution < 1.29 is 18.3 Å². The Morgan fingerprint density at radius 2 is 1.87 bits per heavy atom. The summed E-state index contributed by atoms with van der Waals surface area (Å²) in [6.45, 7) is 0.355. The van der Waals surface area contributed by atoms with Crippen LogP contribution in [-0.2, 0) is 11.2 Å². The molecule has 0 N–H and O–H groups in total. The van der Waals surface area contributed by atoms with Gasteiger partial charge in [-0.2, -0.15) is 0 Å². The van der Waals surface area contributed by atoms with Crippen LogP contribution in [0.4, 0.5) is 8.78 Å². The lowest BCUT2D eigenvalue weighted by atomic mass is 9.83. The van der Waals surface area contributed by atoms with E-state index in [2.05, 4.69) is 0 Å². The van der Waals surface area contributed by atoms with E-state index in [1.165, 1.54) is 0 Å². The Morgan fingerprint density at radius 1 is 1.10 bits per heavy atom. The minimum Gasteiger partial charge on any atom is -0.457 e. The summed E-state index contributed by atoms with van der Waals surface area (Å²) in [6.07, 6.45) is 6.27. The van der Waals surface area contributed by atoms with Crippen LogP contribution in [0.1, 0.15) is 18.4 Å². The molecule has 2 atom stereocenters. The Labute approximate surface area is 181 Å². The molecule has 158 valence electrons. The summed E-state index contributed by atoms with van der Waals surface area (Å²) in [5.74, 6) is -0.957. The highest BCUT2D eigenvalue weighted by Gasteiger charge is 2.27. The number of halogens is 3. The van der Waals surface area contributed by atoms with Crippen LogP contribution in [0.5, 0.6) is 11.5 Å². The lowest BCUT2D eigenvalue weighted by molar-refractivity contribution is 0.167. The highest BCUT2D eigenvalue weighted by molar-refractivity contribution is 6.31. The number of hydrogen-bond donors (Lipinski definition) is 0. The fraction of sp³-hybridized carbons (Fsp3) is 0.280. The van der Waals surface area contributed by atoms with E-state index in [4.69, 9.17) is 21.1 Å². The summed E-state index contributed by atoms with van der Waals surface area (Å²) in [7, 11) is 1.56. The van der Waals surface area contributed by atoms with E-state index in [0.29, 0.717) is 41.5 Å². The number of para-hydroxylation sites is 1. The number of methoxy groups -OCH3 is 1. The van der Waals surface area contributed by atoms with Crippen LogP contribution in [0.3, 0.4) is 0 Å². The first-order valence-electron chi connectivity index (χ1n) is 9.95. The van der Waals surface area contributed by atoms with E-state index >= 15 is 4.39 Å². The molecule has 1 aliphatic rings. The molecule has 2 unspecified atom stereocenters. The van der Waals surface area contributed by atoms with Gasteiger partial charge in [0.05, 0.1) is 0 Å². The SMILES string of the molecule is COCCC(/C(F)=C(\F)Cc1cccc(Oc2ccccc2)c1)C1C=CC(Cl)=CC1. The second-order valence-electron chi connectivity index (χ2n) is 7.23. The van der Waals surface area contributed by atoms with E-state index < -0.39 is 17.6 Å². The summed E-state index contributed by atoms with van der Waals surface area (Å²) in [6, 6.07) is 16.4. The molecule has 0 bridgehead atoms. The molecule has 1 aliphatic carbocycles. The summed E-state index contributed by atoms with van der Waals surface area (Å²) in [4.78, 5) is 0. The van der Waals surface area contributed by atoms with Gasteiger partial charge in [-0.05, 0) is 54.7 Å². The second-order valence-corrected chi connectivity index (χ2v) is 7.66. The summed E-state index contributed by atoms with van der Waals surface area (Å²) < 4.78 is 40.9. The van der Waals surface area contributed by atoms with Gasteiger partial charge in [-0.15, -0.1) is 0 Å². The first-order chi connectivity index (χ1) is 14.6. The number of rotatable bonds is 9. The number of ether oxygens (including phenoxy) is 2. The molecular formula is C25H25ClF2O2. The summed E-state index contributed by atoms with van der Waals surface area (Å²) in [5, 5.41) is 0.622. The van der Waals surface area contributed by atoms with Crippen LogP contribution in [-0.4, -0.2) is 13.7 Å². The van der Waals surface area contributed by atoms with Crippen LogP contribution in [0.2, 0.25) is 0 Å². The van der Waals surface area contributed by atoms with Gasteiger partial charge in [-0.25, -0.2) is 8.78 Å². The molecule has 0 saturated carbocycles. The van der Waals surface area contributed by atoms with Crippen LogP contribution in [0, 0.1) is 11.8 Å². The highest BCUT2D eigenvalue weighted by atomic mass is 35.5. The third-order valence-corrected chi connectivity index (χ3v) is 5.34. The van der Waals surface area contributed by atoms with Gasteiger partial charge < -0.3 is 9.47 Å². The van der Waals surface area contributed by atoms with E-state index in [0.717, 1.165) is 0 Å². The van der Waals surface area contributed by atoms with Gasteiger partial charge >= 0.3 is 0 Å². The Morgan fingerprint density at radius 3 is 2.57 bits per heavy atom. The highest BCUT2D eigenvalue weighted by Crippen LogP contribution is 2.36. The molecule has 0 amide bonds. The lowest BCUT2D eigenvalue weighted by Crippen LogP contribution is -2.18.